The maximum absolute atomic E-state index is 12.0. The third kappa shape index (κ3) is 4.14. The van der Waals surface area contributed by atoms with E-state index >= 15 is 0 Å². The van der Waals surface area contributed by atoms with Crippen LogP contribution < -0.4 is 4.74 Å². The Morgan fingerprint density at radius 2 is 2.13 bits per heavy atom. The summed E-state index contributed by atoms with van der Waals surface area (Å²) in [5.41, 5.74) is 2.99. The van der Waals surface area contributed by atoms with Crippen LogP contribution in [0.15, 0.2) is 24.3 Å². The first-order valence-corrected chi connectivity index (χ1v) is 8.31. The average molecular weight is 330 g/mol. The number of benzene rings is 1. The summed E-state index contributed by atoms with van der Waals surface area (Å²) in [4.78, 5) is 24.4. The van der Waals surface area contributed by atoms with Crippen molar-refractivity contribution >= 4 is 34.2 Å². The van der Waals surface area contributed by atoms with E-state index in [0.29, 0.717) is 25.7 Å². The molecule has 1 aliphatic rings. The third-order valence-electron chi connectivity index (χ3n) is 4.28. The number of hydrogen-bond acceptors (Lipinski definition) is 4. The van der Waals surface area contributed by atoms with E-state index in [1.165, 1.54) is 0 Å². The SMILES string of the molecule is CCC(=O)CCC1C(=S)CC(=O)C=C1c1ccc(OC)cc1C. The summed E-state index contributed by atoms with van der Waals surface area (Å²) in [6.07, 6.45) is 3.72. The largest absolute Gasteiger partial charge is 0.497 e. The molecule has 0 aliphatic heterocycles. The second-order valence-electron chi connectivity index (χ2n) is 5.87. The lowest BCUT2D eigenvalue weighted by molar-refractivity contribution is -0.118. The highest BCUT2D eigenvalue weighted by Gasteiger charge is 2.28. The van der Waals surface area contributed by atoms with E-state index in [-0.39, 0.29) is 17.5 Å². The monoisotopic (exact) mass is 330 g/mol. The van der Waals surface area contributed by atoms with Gasteiger partial charge in [-0.2, -0.15) is 0 Å². The average Bonchev–Trinajstić information content (AvgIpc) is 2.52. The van der Waals surface area contributed by atoms with Crippen molar-refractivity contribution in [2.45, 2.75) is 39.5 Å². The number of carbonyl (C=O) groups is 2. The summed E-state index contributed by atoms with van der Waals surface area (Å²) in [5.74, 6) is 1.05. The molecule has 0 spiro atoms. The van der Waals surface area contributed by atoms with Gasteiger partial charge < -0.3 is 4.74 Å². The van der Waals surface area contributed by atoms with E-state index in [4.69, 9.17) is 17.0 Å². The van der Waals surface area contributed by atoms with Gasteiger partial charge >= 0.3 is 0 Å². The van der Waals surface area contributed by atoms with E-state index in [2.05, 4.69) is 0 Å². The highest BCUT2D eigenvalue weighted by atomic mass is 32.1. The number of carbonyl (C=O) groups excluding carboxylic acids is 2. The highest BCUT2D eigenvalue weighted by molar-refractivity contribution is 7.80. The molecule has 2 rings (SSSR count). The Balaban J connectivity index is 2.36. The first-order chi connectivity index (χ1) is 11.0. The van der Waals surface area contributed by atoms with Gasteiger partial charge in [0.15, 0.2) is 5.78 Å². The van der Waals surface area contributed by atoms with Gasteiger partial charge in [0.1, 0.15) is 11.5 Å². The summed E-state index contributed by atoms with van der Waals surface area (Å²) in [5, 5.41) is 0. The maximum atomic E-state index is 12.0. The molecule has 1 aliphatic carbocycles. The van der Waals surface area contributed by atoms with Crippen molar-refractivity contribution < 1.29 is 14.3 Å². The topological polar surface area (TPSA) is 43.4 Å². The Morgan fingerprint density at radius 1 is 1.39 bits per heavy atom. The minimum Gasteiger partial charge on any atom is -0.497 e. The quantitative estimate of drug-likeness (QED) is 0.736. The zero-order valence-corrected chi connectivity index (χ0v) is 14.7. The molecule has 1 unspecified atom stereocenters. The van der Waals surface area contributed by atoms with Gasteiger partial charge in [-0.1, -0.05) is 25.2 Å². The molecule has 0 amide bonds. The standard InChI is InChI=1S/C19H22O3S/c1-4-13(20)5-7-17-18(10-14(21)11-19(17)23)16-8-6-15(22-3)9-12(16)2/h6,8-10,17H,4-5,7,11H2,1-3H3. The number of ether oxygens (including phenoxy) is 1. The summed E-state index contributed by atoms with van der Waals surface area (Å²) in [7, 11) is 1.63. The zero-order chi connectivity index (χ0) is 17.0. The van der Waals surface area contributed by atoms with Crippen LogP contribution in [0.2, 0.25) is 0 Å². The summed E-state index contributed by atoms with van der Waals surface area (Å²) in [6, 6.07) is 5.81. The van der Waals surface area contributed by atoms with Gasteiger partial charge in [0.05, 0.1) is 7.11 Å². The molecule has 1 atom stereocenters. The molecule has 122 valence electrons. The molecule has 3 nitrogen and oxygen atoms in total. The predicted molar refractivity (Wildman–Crippen MR) is 96.0 cm³/mol. The number of rotatable bonds is 6. The number of Topliss-reactive ketones (excluding diaryl/α,β-unsaturated/α-hetero) is 1. The lowest BCUT2D eigenvalue weighted by Gasteiger charge is -2.26. The van der Waals surface area contributed by atoms with E-state index in [1.807, 2.05) is 32.0 Å². The molecule has 0 bridgehead atoms. The first-order valence-electron chi connectivity index (χ1n) is 7.90. The van der Waals surface area contributed by atoms with Gasteiger partial charge in [-0.3, -0.25) is 9.59 Å². The second kappa shape index (κ2) is 7.64. The van der Waals surface area contributed by atoms with Crippen LogP contribution in [0.1, 0.15) is 43.7 Å². The van der Waals surface area contributed by atoms with Crippen LogP contribution >= 0.6 is 12.2 Å². The third-order valence-corrected chi connectivity index (χ3v) is 4.71. The van der Waals surface area contributed by atoms with Crippen LogP contribution in [0.3, 0.4) is 0 Å². The molecule has 0 saturated heterocycles. The molecule has 0 fully saturated rings. The molecular formula is C19H22O3S. The normalized spacial score (nSPS) is 17.9. The van der Waals surface area contributed by atoms with Crippen LogP contribution in [-0.2, 0) is 9.59 Å². The number of thiocarbonyl (C=S) groups is 1. The van der Waals surface area contributed by atoms with Crippen LogP contribution in [0, 0.1) is 12.8 Å². The smallest absolute Gasteiger partial charge is 0.160 e. The Bertz CT molecular complexity index is 673. The Hall–Kier alpha value is -1.81. The number of allylic oxidation sites excluding steroid dienone is 2. The van der Waals surface area contributed by atoms with E-state index in [9.17, 15) is 9.59 Å². The molecule has 0 heterocycles. The molecule has 0 aromatic heterocycles. The molecule has 0 N–H and O–H groups in total. The van der Waals surface area contributed by atoms with Crippen molar-refractivity contribution in [1.82, 2.24) is 0 Å². The van der Waals surface area contributed by atoms with Gasteiger partial charge in [-0.15, -0.1) is 0 Å². The maximum Gasteiger partial charge on any atom is 0.160 e. The fourth-order valence-electron chi connectivity index (χ4n) is 2.94. The van der Waals surface area contributed by atoms with Crippen molar-refractivity contribution in [3.05, 3.63) is 35.4 Å². The van der Waals surface area contributed by atoms with Gasteiger partial charge in [0, 0.05) is 30.0 Å². The molecule has 23 heavy (non-hydrogen) atoms. The van der Waals surface area contributed by atoms with Crippen molar-refractivity contribution in [1.29, 1.82) is 0 Å². The van der Waals surface area contributed by atoms with Crippen molar-refractivity contribution in [3.63, 3.8) is 0 Å². The molecule has 1 aromatic rings. The van der Waals surface area contributed by atoms with Crippen molar-refractivity contribution in [3.8, 4) is 5.75 Å². The van der Waals surface area contributed by atoms with Gasteiger partial charge in [0.2, 0.25) is 0 Å². The van der Waals surface area contributed by atoms with E-state index < -0.39 is 0 Å². The lowest BCUT2D eigenvalue weighted by Crippen LogP contribution is -2.24. The van der Waals surface area contributed by atoms with Crippen molar-refractivity contribution in [2.24, 2.45) is 5.92 Å². The first kappa shape index (κ1) is 17.5. The molecule has 0 radical (unpaired) electrons. The van der Waals surface area contributed by atoms with Gasteiger partial charge in [0.25, 0.3) is 0 Å². The molecule has 1 aromatic carbocycles. The lowest BCUT2D eigenvalue weighted by atomic mass is 9.79. The Kier molecular flexibility index (Phi) is 5.83. The minimum absolute atomic E-state index is 0.00899. The number of methoxy groups -OCH3 is 1. The van der Waals surface area contributed by atoms with Crippen molar-refractivity contribution in [2.75, 3.05) is 7.11 Å². The van der Waals surface area contributed by atoms with Gasteiger partial charge in [-0.25, -0.2) is 0 Å². The molecule has 4 heteroatoms. The minimum atomic E-state index is -0.00899. The van der Waals surface area contributed by atoms with Crippen LogP contribution in [0.25, 0.3) is 5.57 Å². The summed E-state index contributed by atoms with van der Waals surface area (Å²) >= 11 is 5.46. The van der Waals surface area contributed by atoms with Gasteiger partial charge in [-0.05, 0) is 48.3 Å². The highest BCUT2D eigenvalue weighted by Crippen LogP contribution is 2.36. The zero-order valence-electron chi connectivity index (χ0n) is 13.8. The van der Waals surface area contributed by atoms with Crippen LogP contribution in [-0.4, -0.2) is 23.5 Å². The van der Waals surface area contributed by atoms with Crippen LogP contribution in [0.4, 0.5) is 0 Å². The Labute approximate surface area is 142 Å². The number of aryl methyl sites for hydroxylation is 1. The van der Waals surface area contributed by atoms with E-state index in [0.717, 1.165) is 27.3 Å². The second-order valence-corrected chi connectivity index (χ2v) is 6.40. The predicted octanol–water partition coefficient (Wildman–Crippen LogP) is 4.11. The summed E-state index contributed by atoms with van der Waals surface area (Å²) < 4.78 is 5.24. The number of ketones is 2. The summed E-state index contributed by atoms with van der Waals surface area (Å²) in [6.45, 7) is 3.87. The number of hydrogen-bond donors (Lipinski definition) is 0. The molecular weight excluding hydrogens is 308 g/mol. The Morgan fingerprint density at radius 3 is 2.74 bits per heavy atom. The fraction of sp³-hybridized carbons (Fsp3) is 0.421. The van der Waals surface area contributed by atoms with Crippen LogP contribution in [0.5, 0.6) is 5.75 Å². The van der Waals surface area contributed by atoms with E-state index in [1.54, 1.807) is 13.2 Å². The fourth-order valence-corrected chi connectivity index (χ4v) is 3.33. The molecule has 0 saturated carbocycles.